The van der Waals surface area contributed by atoms with E-state index in [0.717, 1.165) is 62.0 Å². The van der Waals surface area contributed by atoms with Gasteiger partial charge < -0.3 is 18.9 Å². The lowest BCUT2D eigenvalue weighted by Crippen LogP contribution is -2.56. The predicted octanol–water partition coefficient (Wildman–Crippen LogP) is 3.29. The first kappa shape index (κ1) is 17.6. The maximum absolute atomic E-state index is 13.1. The number of ether oxygens (including phenoxy) is 2. The van der Waals surface area contributed by atoms with Gasteiger partial charge in [-0.1, -0.05) is 11.6 Å². The van der Waals surface area contributed by atoms with Crippen molar-refractivity contribution < 1.29 is 14.3 Å². The highest BCUT2D eigenvalue weighted by Crippen LogP contribution is 2.37. The van der Waals surface area contributed by atoms with Crippen LogP contribution in [0.4, 0.5) is 0 Å². The number of benzene rings is 1. The third-order valence-electron chi connectivity index (χ3n) is 6.19. The van der Waals surface area contributed by atoms with E-state index < -0.39 is 0 Å². The zero-order valence-corrected chi connectivity index (χ0v) is 16.0. The van der Waals surface area contributed by atoms with Gasteiger partial charge in [0, 0.05) is 44.8 Å². The summed E-state index contributed by atoms with van der Waals surface area (Å²) in [5.41, 5.74) is 2.86. The molecular weight excluding hydrogens is 328 g/mol. The van der Waals surface area contributed by atoms with Crippen LogP contribution in [-0.4, -0.2) is 53.9 Å². The minimum absolute atomic E-state index is 0.112. The molecule has 1 aromatic heterocycles. The Bertz CT molecular complexity index is 818. The van der Waals surface area contributed by atoms with Gasteiger partial charge in [-0.25, -0.2) is 0 Å². The molecule has 1 aromatic carbocycles. The molecule has 140 valence electrons. The number of fused-ring (bicyclic) bond motifs is 1. The van der Waals surface area contributed by atoms with Gasteiger partial charge >= 0.3 is 0 Å². The second-order valence-electron chi connectivity index (χ2n) is 7.72. The predicted molar refractivity (Wildman–Crippen MR) is 102 cm³/mol. The molecule has 1 amide bonds. The van der Waals surface area contributed by atoms with E-state index in [1.54, 1.807) is 7.11 Å². The van der Waals surface area contributed by atoms with Crippen LogP contribution in [0.2, 0.25) is 0 Å². The van der Waals surface area contributed by atoms with Gasteiger partial charge in [-0.05, 0) is 50.8 Å². The molecule has 2 fully saturated rings. The van der Waals surface area contributed by atoms with E-state index in [9.17, 15) is 4.79 Å². The average molecular weight is 356 g/mol. The van der Waals surface area contributed by atoms with E-state index in [0.29, 0.717) is 0 Å². The van der Waals surface area contributed by atoms with Crippen molar-refractivity contribution in [1.82, 2.24) is 9.47 Å². The van der Waals surface area contributed by atoms with Crippen LogP contribution in [0.5, 0.6) is 0 Å². The standard InChI is InChI=1S/C21H28N2O3/c1-15-6-7-17-16(13-15)14-18(22(17)2)20(24)23-10-8-21(9-11-23)19(25-3)5-4-12-26-21/h6-7,13-14,19H,4-5,8-12H2,1-3H3. The SMILES string of the molecule is COC1CCCOC12CCN(C(=O)c1cc3cc(C)ccc3n1C)CC2. The largest absolute Gasteiger partial charge is 0.378 e. The Hall–Kier alpha value is -1.85. The number of piperidine rings is 1. The van der Waals surface area contributed by atoms with Gasteiger partial charge in [0.25, 0.3) is 5.91 Å². The summed E-state index contributed by atoms with van der Waals surface area (Å²) >= 11 is 0. The molecule has 0 N–H and O–H groups in total. The molecule has 0 bridgehead atoms. The van der Waals surface area contributed by atoms with Crippen molar-refractivity contribution in [3.8, 4) is 0 Å². The summed E-state index contributed by atoms with van der Waals surface area (Å²) in [4.78, 5) is 15.1. The summed E-state index contributed by atoms with van der Waals surface area (Å²) < 4.78 is 13.9. The second kappa shape index (κ2) is 6.71. The smallest absolute Gasteiger partial charge is 0.270 e. The fourth-order valence-electron chi connectivity index (χ4n) is 4.62. The fourth-order valence-corrected chi connectivity index (χ4v) is 4.62. The van der Waals surface area contributed by atoms with Crippen molar-refractivity contribution in [2.75, 3.05) is 26.8 Å². The number of carbonyl (C=O) groups excluding carboxylic acids is 1. The zero-order valence-electron chi connectivity index (χ0n) is 16.0. The lowest BCUT2D eigenvalue weighted by Gasteiger charge is -2.48. The number of aryl methyl sites for hydroxylation is 2. The highest BCUT2D eigenvalue weighted by molar-refractivity contribution is 5.98. The van der Waals surface area contributed by atoms with Gasteiger partial charge in [0.2, 0.25) is 0 Å². The monoisotopic (exact) mass is 356 g/mol. The third-order valence-corrected chi connectivity index (χ3v) is 6.19. The van der Waals surface area contributed by atoms with Gasteiger partial charge in [0.1, 0.15) is 5.69 Å². The topological polar surface area (TPSA) is 43.7 Å². The normalized spacial score (nSPS) is 22.9. The molecule has 0 radical (unpaired) electrons. The molecule has 1 atom stereocenters. The Morgan fingerprint density at radius 1 is 1.27 bits per heavy atom. The van der Waals surface area contributed by atoms with Crippen LogP contribution in [0.3, 0.4) is 0 Å². The van der Waals surface area contributed by atoms with E-state index in [1.807, 2.05) is 22.6 Å². The summed E-state index contributed by atoms with van der Waals surface area (Å²) in [6.07, 6.45) is 3.94. The van der Waals surface area contributed by atoms with Crippen LogP contribution in [0.1, 0.15) is 41.7 Å². The lowest BCUT2D eigenvalue weighted by molar-refractivity contribution is -0.183. The molecule has 2 saturated heterocycles. The highest BCUT2D eigenvalue weighted by atomic mass is 16.5. The minimum atomic E-state index is -0.209. The molecule has 1 spiro atoms. The van der Waals surface area contributed by atoms with Gasteiger partial charge in [-0.2, -0.15) is 0 Å². The molecule has 26 heavy (non-hydrogen) atoms. The molecule has 0 saturated carbocycles. The Labute approximate surface area is 154 Å². The summed E-state index contributed by atoms with van der Waals surface area (Å²) in [6, 6.07) is 8.33. The molecule has 3 heterocycles. The Morgan fingerprint density at radius 3 is 2.77 bits per heavy atom. The van der Waals surface area contributed by atoms with Crippen molar-refractivity contribution in [3.63, 3.8) is 0 Å². The summed E-state index contributed by atoms with van der Waals surface area (Å²) in [5.74, 6) is 0.112. The molecule has 2 aliphatic rings. The van der Waals surface area contributed by atoms with Crippen LogP contribution < -0.4 is 0 Å². The highest BCUT2D eigenvalue weighted by Gasteiger charge is 2.45. The summed E-state index contributed by atoms with van der Waals surface area (Å²) in [5, 5.41) is 1.12. The number of rotatable bonds is 2. The van der Waals surface area contributed by atoms with Gasteiger partial charge in [-0.3, -0.25) is 4.79 Å². The van der Waals surface area contributed by atoms with Crippen molar-refractivity contribution in [2.45, 2.75) is 44.3 Å². The third kappa shape index (κ3) is 2.83. The number of nitrogens with zero attached hydrogens (tertiary/aromatic N) is 2. The van der Waals surface area contributed by atoms with Crippen molar-refractivity contribution in [3.05, 3.63) is 35.5 Å². The number of carbonyl (C=O) groups is 1. The molecule has 0 aliphatic carbocycles. The van der Waals surface area contributed by atoms with E-state index in [4.69, 9.17) is 9.47 Å². The number of likely N-dealkylation sites (tertiary alicyclic amines) is 1. The van der Waals surface area contributed by atoms with Crippen LogP contribution in [0.25, 0.3) is 10.9 Å². The zero-order chi connectivity index (χ0) is 18.3. The number of amides is 1. The van der Waals surface area contributed by atoms with Crippen molar-refractivity contribution in [2.24, 2.45) is 7.05 Å². The van der Waals surface area contributed by atoms with Gasteiger partial charge in [-0.15, -0.1) is 0 Å². The van der Waals surface area contributed by atoms with E-state index in [2.05, 4.69) is 25.1 Å². The lowest BCUT2D eigenvalue weighted by atomic mass is 9.82. The van der Waals surface area contributed by atoms with Crippen LogP contribution >= 0.6 is 0 Å². The van der Waals surface area contributed by atoms with Gasteiger partial charge in [0.15, 0.2) is 0 Å². The molecular formula is C21H28N2O3. The molecule has 5 heteroatoms. The second-order valence-corrected chi connectivity index (χ2v) is 7.72. The van der Waals surface area contributed by atoms with Crippen LogP contribution in [-0.2, 0) is 16.5 Å². The summed E-state index contributed by atoms with van der Waals surface area (Å²) in [7, 11) is 3.75. The van der Waals surface area contributed by atoms with E-state index >= 15 is 0 Å². The molecule has 1 unspecified atom stereocenters. The van der Waals surface area contributed by atoms with E-state index in [-0.39, 0.29) is 17.6 Å². The van der Waals surface area contributed by atoms with Gasteiger partial charge in [0.05, 0.1) is 11.7 Å². The average Bonchev–Trinajstić information content (AvgIpc) is 2.98. The first-order valence-corrected chi connectivity index (χ1v) is 9.56. The molecule has 2 aromatic rings. The van der Waals surface area contributed by atoms with Crippen molar-refractivity contribution in [1.29, 1.82) is 0 Å². The van der Waals surface area contributed by atoms with Crippen molar-refractivity contribution >= 4 is 16.8 Å². The first-order valence-electron chi connectivity index (χ1n) is 9.56. The maximum Gasteiger partial charge on any atom is 0.270 e. The number of aromatic nitrogens is 1. The Kier molecular flexibility index (Phi) is 4.53. The van der Waals surface area contributed by atoms with Crippen LogP contribution in [0, 0.1) is 6.92 Å². The Morgan fingerprint density at radius 2 is 2.04 bits per heavy atom. The molecule has 4 rings (SSSR count). The molecule has 2 aliphatic heterocycles. The minimum Gasteiger partial charge on any atom is -0.378 e. The fraction of sp³-hybridized carbons (Fsp3) is 0.571. The number of hydrogen-bond donors (Lipinski definition) is 0. The summed E-state index contributed by atoms with van der Waals surface area (Å²) in [6.45, 7) is 4.32. The van der Waals surface area contributed by atoms with E-state index in [1.165, 1.54) is 5.56 Å². The Balaban J connectivity index is 1.53. The maximum atomic E-state index is 13.1. The molecule has 5 nitrogen and oxygen atoms in total. The number of methoxy groups -OCH3 is 1. The van der Waals surface area contributed by atoms with Crippen LogP contribution in [0.15, 0.2) is 24.3 Å². The first-order chi connectivity index (χ1) is 12.5. The number of hydrogen-bond acceptors (Lipinski definition) is 3. The quantitative estimate of drug-likeness (QED) is 0.829.